The number of anilines is 1. The van der Waals surface area contributed by atoms with Crippen molar-refractivity contribution < 1.29 is 18.3 Å². The van der Waals surface area contributed by atoms with Gasteiger partial charge in [-0.25, -0.2) is 13.8 Å². The predicted molar refractivity (Wildman–Crippen MR) is 116 cm³/mol. The van der Waals surface area contributed by atoms with Gasteiger partial charge < -0.3 is 24.2 Å². The summed E-state index contributed by atoms with van der Waals surface area (Å²) in [5, 5.41) is 4.17. The van der Waals surface area contributed by atoms with E-state index in [0.717, 1.165) is 47.8 Å². The van der Waals surface area contributed by atoms with Gasteiger partial charge in [0.15, 0.2) is 0 Å². The van der Waals surface area contributed by atoms with Crippen molar-refractivity contribution in [3.05, 3.63) is 36.9 Å². The van der Waals surface area contributed by atoms with Crippen LogP contribution in [-0.4, -0.2) is 56.6 Å². The van der Waals surface area contributed by atoms with Crippen molar-refractivity contribution in [2.45, 2.75) is 44.3 Å². The number of rotatable bonds is 7. The van der Waals surface area contributed by atoms with Crippen molar-refractivity contribution in [1.29, 1.82) is 0 Å². The first kappa shape index (κ1) is 20.6. The number of fused-ring (bicyclic) bond motifs is 2. The van der Waals surface area contributed by atoms with Crippen molar-refractivity contribution in [2.75, 3.05) is 19.0 Å². The second kappa shape index (κ2) is 8.70. The van der Waals surface area contributed by atoms with E-state index in [1.54, 1.807) is 13.3 Å². The average molecular weight is 442 g/mol. The maximum absolute atomic E-state index is 12.3. The standard InChI is InChI=1S/C22H24F2N6O2/c1-31-21-19-16(13-2-7-18-25-8-9-30(18)11-13)10-26-20(19)28-22(29-21)27-14-3-5-15(6-4-14)32-12-17(23)24/h2,7-11,14-15,17H,3-6,12H2,1H3,(H2,26,27,28,29)/t14-,15+. The molecule has 32 heavy (non-hydrogen) atoms. The smallest absolute Gasteiger partial charge is 0.261 e. The molecule has 1 saturated carbocycles. The SMILES string of the molecule is COc1nc(N[C@H]2CC[C@@H](OCC(F)F)CC2)nc2[nH]cc(-c3ccc4nccn4c3)c12. The van der Waals surface area contributed by atoms with Gasteiger partial charge in [0.1, 0.15) is 17.9 Å². The summed E-state index contributed by atoms with van der Waals surface area (Å²) >= 11 is 0. The fraction of sp³-hybridized carbons (Fsp3) is 0.409. The summed E-state index contributed by atoms with van der Waals surface area (Å²) in [7, 11) is 1.59. The van der Waals surface area contributed by atoms with Crippen LogP contribution in [0.3, 0.4) is 0 Å². The maximum atomic E-state index is 12.3. The fourth-order valence-electron chi connectivity index (χ4n) is 4.28. The van der Waals surface area contributed by atoms with Crippen molar-refractivity contribution in [2.24, 2.45) is 0 Å². The molecule has 8 nitrogen and oxygen atoms in total. The second-order valence-corrected chi connectivity index (χ2v) is 7.94. The molecule has 168 valence electrons. The topological polar surface area (TPSA) is 89.4 Å². The van der Waals surface area contributed by atoms with Crippen LogP contribution in [0.2, 0.25) is 0 Å². The summed E-state index contributed by atoms with van der Waals surface area (Å²) in [6, 6.07) is 4.12. The third-order valence-corrected chi connectivity index (χ3v) is 5.86. The van der Waals surface area contributed by atoms with Gasteiger partial charge in [0.25, 0.3) is 6.43 Å². The molecule has 0 radical (unpaired) electrons. The average Bonchev–Trinajstić information content (AvgIpc) is 3.44. The molecule has 0 aliphatic heterocycles. The summed E-state index contributed by atoms with van der Waals surface area (Å²) in [5.41, 5.74) is 3.48. The number of hydrogen-bond donors (Lipinski definition) is 2. The molecule has 0 spiro atoms. The van der Waals surface area contributed by atoms with Gasteiger partial charge in [-0.05, 0) is 37.8 Å². The zero-order valence-electron chi connectivity index (χ0n) is 17.6. The summed E-state index contributed by atoms with van der Waals surface area (Å²) in [5.74, 6) is 0.957. The lowest BCUT2D eigenvalue weighted by Crippen LogP contribution is -2.31. The van der Waals surface area contributed by atoms with Crippen LogP contribution in [0.4, 0.5) is 14.7 Å². The number of aromatic amines is 1. The van der Waals surface area contributed by atoms with E-state index in [1.165, 1.54) is 0 Å². The monoisotopic (exact) mass is 442 g/mol. The first-order chi connectivity index (χ1) is 15.6. The van der Waals surface area contributed by atoms with Crippen LogP contribution in [0.15, 0.2) is 36.9 Å². The summed E-state index contributed by atoms with van der Waals surface area (Å²) < 4.78 is 37.5. The molecule has 5 rings (SSSR count). The van der Waals surface area contributed by atoms with Crippen LogP contribution >= 0.6 is 0 Å². The van der Waals surface area contributed by atoms with E-state index in [2.05, 4.69) is 25.3 Å². The third-order valence-electron chi connectivity index (χ3n) is 5.86. The van der Waals surface area contributed by atoms with E-state index in [9.17, 15) is 8.78 Å². The Morgan fingerprint density at radius 1 is 1.22 bits per heavy atom. The molecule has 4 aromatic rings. The molecule has 1 aliphatic rings. The predicted octanol–water partition coefficient (Wildman–Crippen LogP) is 4.29. The first-order valence-corrected chi connectivity index (χ1v) is 10.6. The molecule has 2 N–H and O–H groups in total. The molecule has 0 atom stereocenters. The largest absolute Gasteiger partial charge is 0.480 e. The third kappa shape index (κ3) is 4.10. The quantitative estimate of drug-likeness (QED) is 0.444. The highest BCUT2D eigenvalue weighted by molar-refractivity contribution is 5.97. The molecular formula is C22H24F2N6O2. The Balaban J connectivity index is 1.35. The first-order valence-electron chi connectivity index (χ1n) is 10.6. The van der Waals surface area contributed by atoms with Gasteiger partial charge in [0, 0.05) is 42.0 Å². The Morgan fingerprint density at radius 2 is 2.06 bits per heavy atom. The number of H-pyrrole nitrogens is 1. The minimum atomic E-state index is -2.43. The summed E-state index contributed by atoms with van der Waals surface area (Å²) in [4.78, 5) is 16.7. The lowest BCUT2D eigenvalue weighted by Gasteiger charge is -2.29. The van der Waals surface area contributed by atoms with Gasteiger partial charge in [0.2, 0.25) is 11.8 Å². The van der Waals surface area contributed by atoms with Crippen LogP contribution in [0, 0.1) is 0 Å². The normalized spacial score (nSPS) is 19.1. The second-order valence-electron chi connectivity index (χ2n) is 7.94. The van der Waals surface area contributed by atoms with Gasteiger partial charge in [-0.15, -0.1) is 0 Å². The highest BCUT2D eigenvalue weighted by Gasteiger charge is 2.24. The number of pyridine rings is 1. The number of nitrogens with zero attached hydrogens (tertiary/aromatic N) is 4. The molecule has 0 unspecified atom stereocenters. The van der Waals surface area contributed by atoms with Crippen LogP contribution in [0.25, 0.3) is 27.8 Å². The number of aromatic nitrogens is 5. The van der Waals surface area contributed by atoms with E-state index in [0.29, 0.717) is 17.5 Å². The van der Waals surface area contributed by atoms with Crippen LogP contribution in [0.5, 0.6) is 5.88 Å². The highest BCUT2D eigenvalue weighted by Crippen LogP contribution is 2.35. The van der Waals surface area contributed by atoms with Crippen molar-refractivity contribution >= 4 is 22.6 Å². The van der Waals surface area contributed by atoms with E-state index in [-0.39, 0.29) is 12.1 Å². The van der Waals surface area contributed by atoms with E-state index in [1.807, 2.05) is 35.1 Å². The van der Waals surface area contributed by atoms with Gasteiger partial charge in [0.05, 0.1) is 18.6 Å². The molecule has 1 aliphatic carbocycles. The van der Waals surface area contributed by atoms with Crippen LogP contribution in [0.1, 0.15) is 25.7 Å². The number of imidazole rings is 1. The van der Waals surface area contributed by atoms with Crippen molar-refractivity contribution in [3.63, 3.8) is 0 Å². The molecule has 1 fully saturated rings. The Hall–Kier alpha value is -3.27. The van der Waals surface area contributed by atoms with Crippen molar-refractivity contribution in [1.82, 2.24) is 24.3 Å². The highest BCUT2D eigenvalue weighted by atomic mass is 19.3. The van der Waals surface area contributed by atoms with Gasteiger partial charge >= 0.3 is 0 Å². The lowest BCUT2D eigenvalue weighted by molar-refractivity contribution is -0.0374. The molecule has 4 aromatic heterocycles. The molecule has 4 heterocycles. The maximum Gasteiger partial charge on any atom is 0.261 e. The van der Waals surface area contributed by atoms with Gasteiger partial charge in [-0.3, -0.25) is 0 Å². The number of methoxy groups -OCH3 is 1. The minimum absolute atomic E-state index is 0.112. The molecule has 0 amide bonds. The van der Waals surface area contributed by atoms with Gasteiger partial charge in [-0.2, -0.15) is 9.97 Å². The Morgan fingerprint density at radius 3 is 2.84 bits per heavy atom. The zero-order valence-corrected chi connectivity index (χ0v) is 17.6. The zero-order chi connectivity index (χ0) is 22.1. The number of halogens is 2. The Labute approximate surface area is 183 Å². The summed E-state index contributed by atoms with van der Waals surface area (Å²) in [6.45, 7) is -0.497. The Bertz CT molecular complexity index is 1220. The molecule has 0 bridgehead atoms. The summed E-state index contributed by atoms with van der Waals surface area (Å²) in [6.07, 6.45) is 8.09. The van der Waals surface area contributed by atoms with E-state index < -0.39 is 13.0 Å². The molecule has 10 heteroatoms. The lowest BCUT2D eigenvalue weighted by atomic mass is 9.93. The van der Waals surface area contributed by atoms with Gasteiger partial charge in [-0.1, -0.05) is 0 Å². The number of alkyl halides is 2. The van der Waals surface area contributed by atoms with Crippen molar-refractivity contribution in [3.8, 4) is 17.0 Å². The number of hydrogen-bond acceptors (Lipinski definition) is 6. The molecule has 0 aromatic carbocycles. The molecule has 0 saturated heterocycles. The van der Waals surface area contributed by atoms with Crippen LogP contribution < -0.4 is 10.1 Å². The van der Waals surface area contributed by atoms with E-state index in [4.69, 9.17) is 9.47 Å². The molecular weight excluding hydrogens is 418 g/mol. The minimum Gasteiger partial charge on any atom is -0.480 e. The van der Waals surface area contributed by atoms with Crippen LogP contribution in [-0.2, 0) is 4.74 Å². The Kier molecular flexibility index (Phi) is 5.60. The number of ether oxygens (including phenoxy) is 2. The fourth-order valence-corrected chi connectivity index (χ4v) is 4.28. The number of nitrogens with one attached hydrogen (secondary N) is 2. The van der Waals surface area contributed by atoms with E-state index >= 15 is 0 Å².